The Hall–Kier alpha value is -7.22. The molecule has 0 unspecified atom stereocenters. The van der Waals surface area contributed by atoms with Crippen LogP contribution in [-0.2, 0) is 19.1 Å². The van der Waals surface area contributed by atoms with Crippen molar-refractivity contribution in [3.05, 3.63) is 133 Å². The summed E-state index contributed by atoms with van der Waals surface area (Å²) in [6.07, 6.45) is 4.41. The molecule has 4 heterocycles. The highest BCUT2D eigenvalue weighted by Crippen LogP contribution is 2.37. The van der Waals surface area contributed by atoms with Crippen LogP contribution in [0.2, 0.25) is 0 Å². The van der Waals surface area contributed by atoms with Crippen LogP contribution in [0.4, 0.5) is 9.59 Å². The second-order valence-corrected chi connectivity index (χ2v) is 16.2. The van der Waals surface area contributed by atoms with Crippen LogP contribution < -0.4 is 10.6 Å². The first-order chi connectivity index (χ1) is 30.0. The molecule has 2 aliphatic rings. The number of carbonyl (C=O) groups is 4. The molecule has 2 fully saturated rings. The lowest BCUT2D eigenvalue weighted by Crippen LogP contribution is -2.51. The standard InChI is InChI=1S/C48H50N8O6/c1-28(2)41(53-47(59)61-4)45(57)56-27-29(3)22-40(56)44-50-26-38(52-44)36-20-19-34-23-33(17-18-35(34)24-36)30-13-15-31(16-14-30)37-25-49-43(51-37)39-12-9-21-55(39)46(58)42(54-48(60)62-5)32-10-7-6-8-11-32/h6-8,10-11,13-20,23-26,28,39-42H,3,9,12,21-22,27H2,1-2,4-5H3,(H,49,51)(H,50,52)(H,53,59)(H,54,60)/t39-,40-,41-,42+/m0/s1. The molecule has 2 aromatic heterocycles. The van der Waals surface area contributed by atoms with Gasteiger partial charge in [0, 0.05) is 18.7 Å². The van der Waals surface area contributed by atoms with E-state index < -0.39 is 24.3 Å². The van der Waals surface area contributed by atoms with Crippen molar-refractivity contribution < 1.29 is 28.7 Å². The van der Waals surface area contributed by atoms with Gasteiger partial charge >= 0.3 is 12.2 Å². The van der Waals surface area contributed by atoms with E-state index in [0.29, 0.717) is 36.7 Å². The molecule has 4 N–H and O–H groups in total. The lowest BCUT2D eigenvalue weighted by molar-refractivity contribution is -0.135. The van der Waals surface area contributed by atoms with E-state index in [9.17, 15) is 19.2 Å². The van der Waals surface area contributed by atoms with E-state index in [0.717, 1.165) is 62.8 Å². The van der Waals surface area contributed by atoms with Crippen molar-refractivity contribution >= 4 is 34.8 Å². The molecule has 4 atom stereocenters. The summed E-state index contributed by atoms with van der Waals surface area (Å²) in [5, 5.41) is 7.56. The first kappa shape index (κ1) is 41.5. The maximum Gasteiger partial charge on any atom is 0.407 e. The molecule has 0 bridgehead atoms. The Labute approximate surface area is 359 Å². The summed E-state index contributed by atoms with van der Waals surface area (Å²) in [4.78, 5) is 71.8. The summed E-state index contributed by atoms with van der Waals surface area (Å²) in [6.45, 7) is 8.86. The number of rotatable bonds is 11. The maximum atomic E-state index is 13.9. The Morgan fingerprint density at radius 2 is 1.29 bits per heavy atom. The Kier molecular flexibility index (Phi) is 11.9. The number of hydrogen-bond donors (Lipinski definition) is 4. The van der Waals surface area contributed by atoms with E-state index in [4.69, 9.17) is 19.4 Å². The highest BCUT2D eigenvalue weighted by molar-refractivity contribution is 5.91. The largest absolute Gasteiger partial charge is 0.453 e. The van der Waals surface area contributed by atoms with E-state index in [1.165, 1.54) is 14.2 Å². The third-order valence-electron chi connectivity index (χ3n) is 11.8. The SMILES string of the molecule is C=C1C[C@@H](c2ncc(-c3ccc4cc(-c5ccc(-c6cnc([C@@H]7CCCN7C(=O)[C@H](NC(=O)OC)c7ccccc7)[nH]6)cc5)ccc4c3)[nH]2)N(C(=O)[C@@H](NC(=O)OC)C(C)C)C1. The van der Waals surface area contributed by atoms with Gasteiger partial charge in [-0.25, -0.2) is 19.6 Å². The van der Waals surface area contributed by atoms with Gasteiger partial charge in [-0.05, 0) is 70.3 Å². The van der Waals surface area contributed by atoms with Crippen LogP contribution >= 0.6 is 0 Å². The number of carbonyl (C=O) groups excluding carboxylic acids is 4. The molecule has 8 rings (SSSR count). The average molecular weight is 835 g/mol. The molecule has 14 nitrogen and oxygen atoms in total. The highest BCUT2D eigenvalue weighted by atomic mass is 16.5. The minimum Gasteiger partial charge on any atom is -0.453 e. The number of hydrogen-bond acceptors (Lipinski definition) is 8. The molecule has 62 heavy (non-hydrogen) atoms. The number of aromatic nitrogens is 4. The Balaban J connectivity index is 0.950. The summed E-state index contributed by atoms with van der Waals surface area (Å²) < 4.78 is 9.61. The van der Waals surface area contributed by atoms with Crippen LogP contribution in [0.3, 0.4) is 0 Å². The smallest absolute Gasteiger partial charge is 0.407 e. The second-order valence-electron chi connectivity index (χ2n) is 16.2. The van der Waals surface area contributed by atoms with Crippen LogP contribution in [0, 0.1) is 5.92 Å². The summed E-state index contributed by atoms with van der Waals surface area (Å²) >= 11 is 0. The van der Waals surface area contributed by atoms with E-state index in [1.807, 2.05) is 44.2 Å². The summed E-state index contributed by atoms with van der Waals surface area (Å²) in [5.41, 5.74) is 7.35. The van der Waals surface area contributed by atoms with Crippen molar-refractivity contribution in [2.45, 2.75) is 57.3 Å². The van der Waals surface area contributed by atoms with E-state index in [-0.39, 0.29) is 29.8 Å². The Morgan fingerprint density at radius 3 is 1.95 bits per heavy atom. The lowest BCUT2D eigenvalue weighted by atomic mass is 9.98. The number of alkyl carbamates (subject to hydrolysis) is 2. The number of ether oxygens (including phenoxy) is 2. The van der Waals surface area contributed by atoms with Gasteiger partial charge in [0.1, 0.15) is 23.7 Å². The predicted molar refractivity (Wildman–Crippen MR) is 235 cm³/mol. The zero-order chi connectivity index (χ0) is 43.5. The van der Waals surface area contributed by atoms with Crippen LogP contribution in [0.5, 0.6) is 0 Å². The number of aromatic amines is 2. The fourth-order valence-electron chi connectivity index (χ4n) is 8.48. The van der Waals surface area contributed by atoms with E-state index in [2.05, 4.69) is 87.8 Å². The van der Waals surface area contributed by atoms with Gasteiger partial charge in [-0.1, -0.05) is 105 Å². The van der Waals surface area contributed by atoms with Gasteiger partial charge in [-0.3, -0.25) is 9.59 Å². The molecule has 4 amide bonds. The zero-order valence-corrected chi connectivity index (χ0v) is 35.2. The normalized spacial score (nSPS) is 17.3. The highest BCUT2D eigenvalue weighted by Gasteiger charge is 2.39. The fraction of sp³-hybridized carbons (Fsp3) is 0.292. The third kappa shape index (κ3) is 8.53. The number of methoxy groups -OCH3 is 2. The first-order valence-corrected chi connectivity index (χ1v) is 20.8. The van der Waals surface area contributed by atoms with Crippen LogP contribution in [0.1, 0.15) is 68.4 Å². The maximum absolute atomic E-state index is 13.9. The van der Waals surface area contributed by atoms with Gasteiger partial charge < -0.3 is 39.9 Å². The van der Waals surface area contributed by atoms with Crippen molar-refractivity contribution in [3.63, 3.8) is 0 Å². The lowest BCUT2D eigenvalue weighted by Gasteiger charge is -2.29. The van der Waals surface area contributed by atoms with Gasteiger partial charge in [0.25, 0.3) is 5.91 Å². The molecule has 4 aromatic carbocycles. The molecule has 0 saturated carbocycles. The average Bonchev–Trinajstić information content (AvgIpc) is 4.14. The summed E-state index contributed by atoms with van der Waals surface area (Å²) in [7, 11) is 2.56. The van der Waals surface area contributed by atoms with Crippen LogP contribution in [0.15, 0.2) is 116 Å². The van der Waals surface area contributed by atoms with Gasteiger partial charge in [0.05, 0.1) is 50.1 Å². The van der Waals surface area contributed by atoms with E-state index >= 15 is 0 Å². The van der Waals surface area contributed by atoms with Crippen molar-refractivity contribution in [2.75, 3.05) is 27.3 Å². The molecule has 0 spiro atoms. The second kappa shape index (κ2) is 17.8. The number of imidazole rings is 2. The predicted octanol–water partition coefficient (Wildman–Crippen LogP) is 8.26. The molecule has 14 heteroatoms. The molecule has 0 radical (unpaired) electrons. The molecule has 0 aliphatic carbocycles. The topological polar surface area (TPSA) is 175 Å². The number of likely N-dealkylation sites (tertiary alicyclic amines) is 2. The zero-order valence-electron chi connectivity index (χ0n) is 35.2. The number of benzene rings is 4. The quantitative estimate of drug-likeness (QED) is 0.0944. The van der Waals surface area contributed by atoms with Gasteiger partial charge in [0.2, 0.25) is 5.91 Å². The number of amides is 4. The van der Waals surface area contributed by atoms with Crippen molar-refractivity contribution in [1.82, 2.24) is 40.4 Å². The number of nitrogens with one attached hydrogen (secondary N) is 4. The number of H-pyrrole nitrogens is 2. The molecular weight excluding hydrogens is 785 g/mol. The van der Waals surface area contributed by atoms with Gasteiger partial charge in [-0.2, -0.15) is 0 Å². The molecular formula is C48H50N8O6. The number of fused-ring (bicyclic) bond motifs is 1. The molecule has 6 aromatic rings. The minimum atomic E-state index is -0.883. The van der Waals surface area contributed by atoms with Crippen molar-refractivity contribution in [2.24, 2.45) is 5.92 Å². The molecule has 2 aliphatic heterocycles. The van der Waals surface area contributed by atoms with Gasteiger partial charge in [0.15, 0.2) is 0 Å². The molecule has 2 saturated heterocycles. The Morgan fingerprint density at radius 1 is 0.710 bits per heavy atom. The van der Waals surface area contributed by atoms with Crippen LogP contribution in [0.25, 0.3) is 44.4 Å². The summed E-state index contributed by atoms with van der Waals surface area (Å²) in [5.74, 6) is 0.799. The monoisotopic (exact) mass is 834 g/mol. The van der Waals surface area contributed by atoms with Gasteiger partial charge in [-0.15, -0.1) is 0 Å². The van der Waals surface area contributed by atoms with Crippen LogP contribution in [-0.4, -0.2) is 87.1 Å². The van der Waals surface area contributed by atoms with E-state index in [1.54, 1.807) is 22.2 Å². The Bertz CT molecular complexity index is 2620. The van der Waals surface area contributed by atoms with Crippen molar-refractivity contribution in [1.29, 1.82) is 0 Å². The minimum absolute atomic E-state index is 0.147. The third-order valence-corrected chi connectivity index (χ3v) is 11.8. The number of nitrogens with zero attached hydrogens (tertiary/aromatic N) is 4. The first-order valence-electron chi connectivity index (χ1n) is 20.8. The fourth-order valence-corrected chi connectivity index (χ4v) is 8.48. The van der Waals surface area contributed by atoms with Crippen molar-refractivity contribution in [3.8, 4) is 33.6 Å². The molecule has 318 valence electrons. The summed E-state index contributed by atoms with van der Waals surface area (Å²) in [6, 6.07) is 27.9.